The number of amides is 1. The molecule has 0 bridgehead atoms. The first-order chi connectivity index (χ1) is 9.66. The zero-order chi connectivity index (χ0) is 14.1. The summed E-state index contributed by atoms with van der Waals surface area (Å²) in [4.78, 5) is 18.6. The average molecular weight is 286 g/mol. The van der Waals surface area contributed by atoms with Gasteiger partial charge in [-0.05, 0) is 25.1 Å². The van der Waals surface area contributed by atoms with E-state index >= 15 is 0 Å². The summed E-state index contributed by atoms with van der Waals surface area (Å²) in [7, 11) is 1.78. The molecule has 0 fully saturated rings. The topological polar surface area (TPSA) is 46.3 Å². The Balaban J connectivity index is 1.87. The summed E-state index contributed by atoms with van der Waals surface area (Å²) < 4.78 is 6.10. The number of hydrogen-bond donors (Lipinski definition) is 0. The van der Waals surface area contributed by atoms with E-state index in [9.17, 15) is 4.79 Å². The highest BCUT2D eigenvalue weighted by molar-refractivity contribution is 7.18. The van der Waals surface area contributed by atoms with Crippen molar-refractivity contribution in [1.29, 1.82) is 0 Å². The van der Waals surface area contributed by atoms with E-state index in [1.165, 1.54) is 12.5 Å². The number of hydrogen-bond acceptors (Lipinski definition) is 4. The highest BCUT2D eigenvalue weighted by atomic mass is 32.1. The van der Waals surface area contributed by atoms with Crippen molar-refractivity contribution in [1.82, 2.24) is 9.88 Å². The number of carbonyl (C=O) groups excluding carboxylic acids is 1. The summed E-state index contributed by atoms with van der Waals surface area (Å²) in [5.41, 5.74) is 1.53. The number of carbonyl (C=O) groups is 1. The van der Waals surface area contributed by atoms with Gasteiger partial charge in [0, 0.05) is 7.05 Å². The lowest BCUT2D eigenvalue weighted by Crippen LogP contribution is -2.29. The van der Waals surface area contributed by atoms with Gasteiger partial charge in [0.2, 0.25) is 0 Å². The molecule has 2 aromatic heterocycles. The van der Waals surface area contributed by atoms with Crippen molar-refractivity contribution in [2.75, 3.05) is 7.05 Å². The quantitative estimate of drug-likeness (QED) is 0.737. The number of aromatic nitrogens is 1. The maximum Gasteiger partial charge on any atom is 0.257 e. The second kappa shape index (κ2) is 5.09. The first-order valence-corrected chi connectivity index (χ1v) is 7.13. The van der Waals surface area contributed by atoms with Crippen LogP contribution in [0.3, 0.4) is 0 Å². The van der Waals surface area contributed by atoms with Gasteiger partial charge in [-0.3, -0.25) is 4.79 Å². The van der Waals surface area contributed by atoms with Crippen LogP contribution in [0.5, 0.6) is 0 Å². The molecule has 20 heavy (non-hydrogen) atoms. The van der Waals surface area contributed by atoms with Crippen molar-refractivity contribution >= 4 is 27.5 Å². The van der Waals surface area contributed by atoms with E-state index in [0.29, 0.717) is 5.56 Å². The zero-order valence-electron chi connectivity index (χ0n) is 11.2. The van der Waals surface area contributed by atoms with Crippen molar-refractivity contribution < 1.29 is 9.21 Å². The van der Waals surface area contributed by atoms with E-state index in [2.05, 4.69) is 4.98 Å². The van der Waals surface area contributed by atoms with Crippen molar-refractivity contribution in [3.63, 3.8) is 0 Å². The summed E-state index contributed by atoms with van der Waals surface area (Å²) in [5, 5.41) is 0.936. The van der Waals surface area contributed by atoms with Crippen LogP contribution < -0.4 is 0 Å². The highest BCUT2D eigenvalue weighted by Crippen LogP contribution is 2.29. The fraction of sp³-hybridized carbons (Fsp3) is 0.200. The first kappa shape index (κ1) is 12.9. The summed E-state index contributed by atoms with van der Waals surface area (Å²) in [6, 6.07) is 9.59. The molecular formula is C15H14N2O2S. The van der Waals surface area contributed by atoms with Gasteiger partial charge < -0.3 is 9.32 Å². The Morgan fingerprint density at radius 1 is 1.35 bits per heavy atom. The third-order valence-corrected chi connectivity index (χ3v) is 4.54. The Hall–Kier alpha value is -2.14. The number of benzene rings is 1. The third kappa shape index (κ3) is 2.20. The Morgan fingerprint density at radius 3 is 2.85 bits per heavy atom. The van der Waals surface area contributed by atoms with Gasteiger partial charge >= 0.3 is 0 Å². The van der Waals surface area contributed by atoms with E-state index in [0.717, 1.165) is 15.2 Å². The van der Waals surface area contributed by atoms with Crippen molar-refractivity contribution in [3.05, 3.63) is 53.4 Å². The molecule has 3 rings (SSSR count). The minimum absolute atomic E-state index is 0.0643. The average Bonchev–Trinajstić information content (AvgIpc) is 3.13. The molecule has 0 unspecified atom stereocenters. The molecule has 0 aliphatic rings. The van der Waals surface area contributed by atoms with Crippen molar-refractivity contribution in [2.45, 2.75) is 13.0 Å². The second-order valence-electron chi connectivity index (χ2n) is 4.62. The molecule has 0 aliphatic carbocycles. The monoisotopic (exact) mass is 286 g/mol. The van der Waals surface area contributed by atoms with Crippen LogP contribution in [-0.4, -0.2) is 22.8 Å². The van der Waals surface area contributed by atoms with Gasteiger partial charge in [0.25, 0.3) is 5.91 Å². The van der Waals surface area contributed by atoms with Crippen molar-refractivity contribution in [2.24, 2.45) is 0 Å². The number of furan rings is 1. The zero-order valence-corrected chi connectivity index (χ0v) is 12.1. The molecular weight excluding hydrogens is 272 g/mol. The smallest absolute Gasteiger partial charge is 0.257 e. The second-order valence-corrected chi connectivity index (χ2v) is 5.69. The molecule has 3 aromatic rings. The van der Waals surface area contributed by atoms with E-state index < -0.39 is 0 Å². The van der Waals surface area contributed by atoms with Gasteiger partial charge in [-0.25, -0.2) is 4.98 Å². The van der Waals surface area contributed by atoms with Gasteiger partial charge in [0.05, 0.1) is 28.1 Å². The molecule has 1 aromatic carbocycles. The van der Waals surface area contributed by atoms with Crippen molar-refractivity contribution in [3.8, 4) is 0 Å². The molecule has 0 saturated carbocycles. The molecule has 0 N–H and O–H groups in total. The maximum atomic E-state index is 12.3. The van der Waals surface area contributed by atoms with Gasteiger partial charge in [0.15, 0.2) is 0 Å². The van der Waals surface area contributed by atoms with Crippen LogP contribution in [0, 0.1) is 0 Å². The van der Waals surface area contributed by atoms with E-state index in [4.69, 9.17) is 4.42 Å². The molecule has 0 aliphatic heterocycles. The molecule has 0 saturated heterocycles. The third-order valence-electron chi connectivity index (χ3n) is 3.34. The Kier molecular flexibility index (Phi) is 3.28. The SMILES string of the molecule is C[C@H](c1nc2ccccc2s1)N(C)C(=O)c1ccoc1. The molecule has 1 amide bonds. The fourth-order valence-corrected chi connectivity index (χ4v) is 3.06. The number of thiazole rings is 1. The number of rotatable bonds is 3. The largest absolute Gasteiger partial charge is 0.472 e. The Bertz CT molecular complexity index is 700. The normalized spacial score (nSPS) is 12.5. The predicted octanol–water partition coefficient (Wildman–Crippen LogP) is 3.72. The molecule has 2 heterocycles. The minimum Gasteiger partial charge on any atom is -0.472 e. The van der Waals surface area contributed by atoms with E-state index in [1.54, 1.807) is 29.4 Å². The van der Waals surface area contributed by atoms with Crippen LogP contribution in [0.25, 0.3) is 10.2 Å². The minimum atomic E-state index is -0.0743. The summed E-state index contributed by atoms with van der Waals surface area (Å²) >= 11 is 1.62. The van der Waals surface area contributed by atoms with Crippen LogP contribution in [0.1, 0.15) is 28.3 Å². The van der Waals surface area contributed by atoms with E-state index in [1.807, 2.05) is 31.2 Å². The van der Waals surface area contributed by atoms with Gasteiger partial charge in [-0.1, -0.05) is 12.1 Å². The van der Waals surface area contributed by atoms with E-state index in [-0.39, 0.29) is 11.9 Å². The molecule has 1 atom stereocenters. The fourth-order valence-electron chi connectivity index (χ4n) is 2.00. The number of para-hydroxylation sites is 1. The molecule has 102 valence electrons. The molecule has 0 spiro atoms. The lowest BCUT2D eigenvalue weighted by Gasteiger charge is -2.22. The summed E-state index contributed by atoms with van der Waals surface area (Å²) in [6.07, 6.45) is 2.97. The first-order valence-electron chi connectivity index (χ1n) is 6.31. The predicted molar refractivity (Wildman–Crippen MR) is 78.8 cm³/mol. The van der Waals surface area contributed by atoms with Crippen LogP contribution in [0.2, 0.25) is 0 Å². The maximum absolute atomic E-state index is 12.3. The standard InChI is InChI=1S/C15H14N2O2S/c1-10(17(2)15(18)11-7-8-19-9-11)14-16-12-5-3-4-6-13(12)20-14/h3-10H,1-2H3/t10-/m1/s1. The molecule has 0 radical (unpaired) electrons. The van der Waals surface area contributed by atoms with Crippen LogP contribution in [-0.2, 0) is 0 Å². The van der Waals surface area contributed by atoms with Crippen LogP contribution in [0.15, 0.2) is 47.3 Å². The Labute approximate surface area is 120 Å². The molecule has 5 heteroatoms. The molecule has 4 nitrogen and oxygen atoms in total. The summed E-state index contributed by atoms with van der Waals surface area (Å²) in [6.45, 7) is 1.98. The van der Waals surface area contributed by atoms with Gasteiger partial charge in [0.1, 0.15) is 11.3 Å². The van der Waals surface area contributed by atoms with Crippen LogP contribution in [0.4, 0.5) is 0 Å². The summed E-state index contributed by atoms with van der Waals surface area (Å²) in [5.74, 6) is -0.0643. The number of fused-ring (bicyclic) bond motifs is 1. The van der Waals surface area contributed by atoms with Crippen LogP contribution >= 0.6 is 11.3 Å². The lowest BCUT2D eigenvalue weighted by atomic mass is 10.2. The van der Waals surface area contributed by atoms with Gasteiger partial charge in [-0.2, -0.15) is 0 Å². The lowest BCUT2D eigenvalue weighted by molar-refractivity contribution is 0.0742. The Morgan fingerprint density at radius 2 is 2.15 bits per heavy atom. The number of nitrogens with zero attached hydrogens (tertiary/aromatic N) is 2. The van der Waals surface area contributed by atoms with Gasteiger partial charge in [-0.15, -0.1) is 11.3 Å². The highest BCUT2D eigenvalue weighted by Gasteiger charge is 2.22.